The predicted molar refractivity (Wildman–Crippen MR) is 63.4 cm³/mol. The van der Waals surface area contributed by atoms with E-state index in [4.69, 9.17) is 11.5 Å². The molecule has 15 heavy (non-hydrogen) atoms. The summed E-state index contributed by atoms with van der Waals surface area (Å²) in [5.41, 5.74) is 11.1. The molecule has 0 aliphatic carbocycles. The van der Waals surface area contributed by atoms with Crippen molar-refractivity contribution in [3.8, 4) is 0 Å². The molecule has 0 aliphatic rings. The number of hydrogen-bond acceptors (Lipinski definition) is 3. The van der Waals surface area contributed by atoms with Crippen LogP contribution in [0.15, 0.2) is 0 Å². The number of hydrogen-bond donors (Lipinski definition) is 3. The quantitative estimate of drug-likeness (QED) is 0.523. The normalized spacial score (nSPS) is 12.9. The van der Waals surface area contributed by atoms with Gasteiger partial charge in [-0.15, -0.1) is 0 Å². The minimum Gasteiger partial charge on any atom is -0.352 e. The molecular formula is C11H25N3O. The van der Waals surface area contributed by atoms with Crippen LogP contribution in [-0.4, -0.2) is 24.5 Å². The van der Waals surface area contributed by atoms with Gasteiger partial charge in [-0.05, 0) is 32.2 Å². The fraction of sp³-hybridized carbons (Fsp3) is 0.909. The van der Waals surface area contributed by atoms with Gasteiger partial charge in [0, 0.05) is 6.04 Å². The zero-order chi connectivity index (χ0) is 11.7. The Morgan fingerprint density at radius 3 is 2.33 bits per heavy atom. The molecule has 0 fully saturated rings. The summed E-state index contributed by atoms with van der Waals surface area (Å²) in [6, 6.07) is -0.116. The SMILES string of the molecule is CCC(CC)NC(=O)[C@H](N)CCCCN. The van der Waals surface area contributed by atoms with Gasteiger partial charge in [0.05, 0.1) is 6.04 Å². The highest BCUT2D eigenvalue weighted by Gasteiger charge is 2.15. The van der Waals surface area contributed by atoms with Gasteiger partial charge in [0.15, 0.2) is 0 Å². The summed E-state index contributed by atoms with van der Waals surface area (Å²) in [7, 11) is 0. The van der Waals surface area contributed by atoms with Crippen molar-refractivity contribution in [3.05, 3.63) is 0 Å². The fourth-order valence-electron chi connectivity index (χ4n) is 1.44. The van der Waals surface area contributed by atoms with Crippen LogP contribution in [-0.2, 0) is 4.79 Å². The number of nitrogens with one attached hydrogen (secondary N) is 1. The van der Waals surface area contributed by atoms with Crippen LogP contribution in [0.25, 0.3) is 0 Å². The number of rotatable bonds is 8. The summed E-state index contributed by atoms with van der Waals surface area (Å²) in [5.74, 6) is -0.0271. The zero-order valence-corrected chi connectivity index (χ0v) is 9.96. The van der Waals surface area contributed by atoms with Crippen LogP contribution in [0.1, 0.15) is 46.0 Å². The second-order valence-electron chi connectivity index (χ2n) is 3.91. The van der Waals surface area contributed by atoms with Crippen molar-refractivity contribution in [2.75, 3.05) is 6.54 Å². The average molecular weight is 215 g/mol. The molecule has 1 amide bonds. The predicted octanol–water partition coefficient (Wildman–Crippen LogP) is 0.748. The second kappa shape index (κ2) is 8.68. The van der Waals surface area contributed by atoms with Crippen molar-refractivity contribution in [2.45, 2.75) is 58.0 Å². The van der Waals surface area contributed by atoms with Gasteiger partial charge in [-0.25, -0.2) is 0 Å². The molecule has 0 saturated carbocycles. The first-order valence-electron chi connectivity index (χ1n) is 5.91. The van der Waals surface area contributed by atoms with E-state index >= 15 is 0 Å². The Bertz CT molecular complexity index is 169. The topological polar surface area (TPSA) is 81.1 Å². The maximum atomic E-state index is 11.6. The van der Waals surface area contributed by atoms with Crippen LogP contribution in [0.5, 0.6) is 0 Å². The molecule has 0 heterocycles. The van der Waals surface area contributed by atoms with Crippen LogP contribution >= 0.6 is 0 Å². The largest absolute Gasteiger partial charge is 0.352 e. The summed E-state index contributed by atoms with van der Waals surface area (Å²) in [6.45, 7) is 4.80. The molecule has 0 aliphatic heterocycles. The Hall–Kier alpha value is -0.610. The first kappa shape index (κ1) is 14.4. The van der Waals surface area contributed by atoms with E-state index in [9.17, 15) is 4.79 Å². The van der Waals surface area contributed by atoms with Crippen molar-refractivity contribution in [3.63, 3.8) is 0 Å². The van der Waals surface area contributed by atoms with Gasteiger partial charge in [0.2, 0.25) is 5.91 Å². The van der Waals surface area contributed by atoms with Crippen LogP contribution in [0.4, 0.5) is 0 Å². The third kappa shape index (κ3) is 6.47. The molecule has 4 heteroatoms. The first-order valence-corrected chi connectivity index (χ1v) is 5.91. The molecule has 0 rings (SSSR count). The molecule has 5 N–H and O–H groups in total. The van der Waals surface area contributed by atoms with Gasteiger partial charge in [0.1, 0.15) is 0 Å². The molecule has 1 atom stereocenters. The van der Waals surface area contributed by atoms with Crippen LogP contribution in [0.3, 0.4) is 0 Å². The first-order chi connectivity index (χ1) is 7.15. The van der Waals surface area contributed by atoms with Crippen LogP contribution in [0, 0.1) is 0 Å². The smallest absolute Gasteiger partial charge is 0.237 e. The Labute approximate surface area is 92.8 Å². The zero-order valence-electron chi connectivity index (χ0n) is 9.96. The second-order valence-corrected chi connectivity index (χ2v) is 3.91. The van der Waals surface area contributed by atoms with E-state index in [1.165, 1.54) is 0 Å². The molecule has 0 aromatic heterocycles. The van der Waals surface area contributed by atoms with Gasteiger partial charge in [-0.3, -0.25) is 4.79 Å². The molecule has 0 bridgehead atoms. The van der Waals surface area contributed by atoms with E-state index in [1.807, 2.05) is 0 Å². The number of nitrogens with two attached hydrogens (primary N) is 2. The summed E-state index contributed by atoms with van der Waals surface area (Å²) >= 11 is 0. The van der Waals surface area contributed by atoms with E-state index in [0.29, 0.717) is 6.54 Å². The molecular weight excluding hydrogens is 190 g/mol. The highest BCUT2D eigenvalue weighted by Crippen LogP contribution is 2.01. The molecule has 90 valence electrons. The number of unbranched alkanes of at least 4 members (excludes halogenated alkanes) is 1. The van der Waals surface area contributed by atoms with Gasteiger partial charge in [-0.2, -0.15) is 0 Å². The maximum absolute atomic E-state index is 11.6. The highest BCUT2D eigenvalue weighted by atomic mass is 16.2. The Kier molecular flexibility index (Phi) is 8.33. The summed E-state index contributed by atoms with van der Waals surface area (Å²) in [4.78, 5) is 11.6. The fourth-order valence-corrected chi connectivity index (χ4v) is 1.44. The van der Waals surface area contributed by atoms with E-state index in [0.717, 1.165) is 32.1 Å². The third-order valence-corrected chi connectivity index (χ3v) is 2.64. The van der Waals surface area contributed by atoms with Gasteiger partial charge < -0.3 is 16.8 Å². The number of amides is 1. The maximum Gasteiger partial charge on any atom is 0.237 e. The van der Waals surface area contributed by atoms with Crippen molar-refractivity contribution >= 4 is 5.91 Å². The lowest BCUT2D eigenvalue weighted by molar-refractivity contribution is -0.123. The number of carbonyl (C=O) groups excluding carboxylic acids is 1. The summed E-state index contributed by atoms with van der Waals surface area (Å²) in [6.07, 6.45) is 4.50. The molecule has 0 aromatic carbocycles. The monoisotopic (exact) mass is 215 g/mol. The van der Waals surface area contributed by atoms with E-state index in [1.54, 1.807) is 0 Å². The third-order valence-electron chi connectivity index (χ3n) is 2.64. The van der Waals surface area contributed by atoms with Crippen LogP contribution < -0.4 is 16.8 Å². The van der Waals surface area contributed by atoms with Gasteiger partial charge in [0.25, 0.3) is 0 Å². The molecule has 0 saturated heterocycles. The van der Waals surface area contributed by atoms with Crippen molar-refractivity contribution in [1.29, 1.82) is 0 Å². The molecule has 0 aromatic rings. The minimum absolute atomic E-state index is 0.0271. The summed E-state index contributed by atoms with van der Waals surface area (Å²) < 4.78 is 0. The van der Waals surface area contributed by atoms with Crippen molar-refractivity contribution in [2.24, 2.45) is 11.5 Å². The molecule has 0 spiro atoms. The lowest BCUT2D eigenvalue weighted by atomic mass is 10.1. The Morgan fingerprint density at radius 2 is 1.87 bits per heavy atom. The van der Waals surface area contributed by atoms with E-state index < -0.39 is 0 Å². The standard InChI is InChI=1S/C11H25N3O/c1-3-9(4-2)14-11(15)10(13)7-5-6-8-12/h9-10H,3-8,12-13H2,1-2H3,(H,14,15)/t10-/m1/s1. The molecule has 4 nitrogen and oxygen atoms in total. The highest BCUT2D eigenvalue weighted by molar-refractivity contribution is 5.81. The van der Waals surface area contributed by atoms with Crippen molar-refractivity contribution < 1.29 is 4.79 Å². The van der Waals surface area contributed by atoms with Gasteiger partial charge >= 0.3 is 0 Å². The van der Waals surface area contributed by atoms with Crippen LogP contribution in [0.2, 0.25) is 0 Å². The average Bonchev–Trinajstić information content (AvgIpc) is 2.25. The molecule has 0 radical (unpaired) electrons. The number of carbonyl (C=O) groups is 1. The Morgan fingerprint density at radius 1 is 1.27 bits per heavy atom. The van der Waals surface area contributed by atoms with Gasteiger partial charge in [-0.1, -0.05) is 20.3 Å². The van der Waals surface area contributed by atoms with E-state index in [-0.39, 0.29) is 18.0 Å². The molecule has 0 unspecified atom stereocenters. The van der Waals surface area contributed by atoms with E-state index in [2.05, 4.69) is 19.2 Å². The lowest BCUT2D eigenvalue weighted by Crippen LogP contribution is -2.45. The van der Waals surface area contributed by atoms with Crippen molar-refractivity contribution in [1.82, 2.24) is 5.32 Å². The Balaban J connectivity index is 3.77. The summed E-state index contributed by atoms with van der Waals surface area (Å²) in [5, 5.41) is 2.95. The minimum atomic E-state index is -0.378. The lowest BCUT2D eigenvalue weighted by Gasteiger charge is -2.18.